The number of nitrogens with one attached hydrogen (secondary N) is 1. The van der Waals surface area contributed by atoms with Gasteiger partial charge >= 0.3 is 0 Å². The number of hydrogen-bond acceptors (Lipinski definition) is 6. The fourth-order valence-electron chi connectivity index (χ4n) is 2.36. The molecule has 7 nitrogen and oxygen atoms in total. The predicted octanol–water partition coefficient (Wildman–Crippen LogP) is 2.28. The number of rotatable bonds is 6. The van der Waals surface area contributed by atoms with Crippen molar-refractivity contribution in [2.45, 2.75) is 13.0 Å². The monoisotopic (exact) mass is 312 g/mol. The van der Waals surface area contributed by atoms with E-state index in [9.17, 15) is 0 Å². The normalized spacial score (nSPS) is 12.5. The van der Waals surface area contributed by atoms with Crippen molar-refractivity contribution in [3.05, 3.63) is 54.0 Å². The Morgan fingerprint density at radius 3 is 2.65 bits per heavy atom. The Bertz CT molecular complexity index is 732. The average Bonchev–Trinajstić information content (AvgIpc) is 3.20. The molecule has 3 aromatic rings. The van der Waals surface area contributed by atoms with Crippen LogP contribution in [0.25, 0.3) is 5.69 Å². The number of aromatic nitrogens is 4. The molecule has 1 aromatic carbocycles. The van der Waals surface area contributed by atoms with Crippen LogP contribution in [0.5, 0.6) is 0 Å². The standard InChI is InChI=1S/C16H20N6O/c1-12-6-8-13(9-7-12)22-16(18-19-20-22)17-11-14(21(2)3)15-5-4-10-23-15/h4-10,14H,11H2,1-3H3,(H,17,18,20). The van der Waals surface area contributed by atoms with Crippen molar-refractivity contribution in [1.29, 1.82) is 0 Å². The Balaban J connectivity index is 1.76. The molecule has 0 amide bonds. The van der Waals surface area contributed by atoms with Gasteiger partial charge in [-0.3, -0.25) is 4.90 Å². The Labute approximate surface area is 134 Å². The minimum atomic E-state index is 0.0909. The first-order chi connectivity index (χ1) is 11.1. The third-order valence-corrected chi connectivity index (χ3v) is 3.70. The number of anilines is 1. The van der Waals surface area contributed by atoms with Gasteiger partial charge in [-0.05, 0) is 55.7 Å². The maximum absolute atomic E-state index is 5.51. The van der Waals surface area contributed by atoms with E-state index in [4.69, 9.17) is 4.42 Å². The van der Waals surface area contributed by atoms with Gasteiger partial charge in [0.05, 0.1) is 18.0 Å². The highest BCUT2D eigenvalue weighted by molar-refractivity contribution is 5.40. The molecule has 0 aliphatic rings. The topological polar surface area (TPSA) is 72.0 Å². The smallest absolute Gasteiger partial charge is 0.247 e. The maximum Gasteiger partial charge on any atom is 0.247 e. The van der Waals surface area contributed by atoms with Crippen molar-refractivity contribution in [1.82, 2.24) is 25.1 Å². The summed E-state index contributed by atoms with van der Waals surface area (Å²) in [5.74, 6) is 1.50. The van der Waals surface area contributed by atoms with Gasteiger partial charge in [-0.15, -0.1) is 0 Å². The highest BCUT2D eigenvalue weighted by atomic mass is 16.3. The van der Waals surface area contributed by atoms with Crippen LogP contribution >= 0.6 is 0 Å². The SMILES string of the molecule is Cc1ccc(-n2nnnc2NCC(c2ccco2)N(C)C)cc1. The first kappa shape index (κ1) is 15.2. The molecule has 0 fully saturated rings. The summed E-state index contributed by atoms with van der Waals surface area (Å²) in [6.45, 7) is 2.68. The maximum atomic E-state index is 5.51. The van der Waals surface area contributed by atoms with E-state index in [2.05, 4.69) is 25.7 Å². The van der Waals surface area contributed by atoms with Crippen LogP contribution in [0.15, 0.2) is 47.1 Å². The number of nitrogens with zero attached hydrogens (tertiary/aromatic N) is 5. The van der Waals surface area contributed by atoms with E-state index in [0.29, 0.717) is 12.5 Å². The molecule has 0 saturated carbocycles. The van der Waals surface area contributed by atoms with E-state index in [-0.39, 0.29) is 6.04 Å². The molecule has 1 N–H and O–H groups in total. The van der Waals surface area contributed by atoms with Crippen LogP contribution in [0, 0.1) is 6.92 Å². The zero-order valence-corrected chi connectivity index (χ0v) is 13.5. The van der Waals surface area contributed by atoms with Gasteiger partial charge in [-0.25, -0.2) is 0 Å². The van der Waals surface area contributed by atoms with Crippen molar-refractivity contribution >= 4 is 5.95 Å². The summed E-state index contributed by atoms with van der Waals surface area (Å²) in [6, 6.07) is 12.0. The molecule has 0 saturated heterocycles. The molecule has 3 rings (SSSR count). The lowest BCUT2D eigenvalue weighted by atomic mass is 10.2. The molecule has 0 aliphatic heterocycles. The highest BCUT2D eigenvalue weighted by Gasteiger charge is 2.18. The van der Waals surface area contributed by atoms with E-state index < -0.39 is 0 Å². The second-order valence-corrected chi connectivity index (χ2v) is 5.63. The van der Waals surface area contributed by atoms with Crippen molar-refractivity contribution < 1.29 is 4.42 Å². The second-order valence-electron chi connectivity index (χ2n) is 5.63. The summed E-state index contributed by atoms with van der Waals surface area (Å²) in [5.41, 5.74) is 2.12. The van der Waals surface area contributed by atoms with E-state index in [1.165, 1.54) is 5.56 Å². The lowest BCUT2D eigenvalue weighted by molar-refractivity contribution is 0.269. The van der Waals surface area contributed by atoms with Crippen molar-refractivity contribution in [2.75, 3.05) is 26.0 Å². The minimum absolute atomic E-state index is 0.0909. The molecule has 0 aliphatic carbocycles. The molecule has 7 heteroatoms. The van der Waals surface area contributed by atoms with Gasteiger partial charge in [0.25, 0.3) is 0 Å². The lowest BCUT2D eigenvalue weighted by Crippen LogP contribution is -2.27. The van der Waals surface area contributed by atoms with E-state index in [1.54, 1.807) is 10.9 Å². The van der Waals surface area contributed by atoms with Crippen molar-refractivity contribution in [3.63, 3.8) is 0 Å². The minimum Gasteiger partial charge on any atom is -0.468 e. The Kier molecular flexibility index (Phi) is 4.38. The lowest BCUT2D eigenvalue weighted by Gasteiger charge is -2.22. The first-order valence-corrected chi connectivity index (χ1v) is 7.44. The van der Waals surface area contributed by atoms with Crippen LogP contribution in [-0.2, 0) is 0 Å². The molecule has 120 valence electrons. The zero-order valence-electron chi connectivity index (χ0n) is 13.5. The van der Waals surface area contributed by atoms with Gasteiger partial charge in [0.1, 0.15) is 5.76 Å². The van der Waals surface area contributed by atoms with Gasteiger partial charge < -0.3 is 9.73 Å². The summed E-state index contributed by atoms with van der Waals surface area (Å²) in [4.78, 5) is 2.09. The zero-order chi connectivity index (χ0) is 16.2. The predicted molar refractivity (Wildman–Crippen MR) is 87.5 cm³/mol. The van der Waals surface area contributed by atoms with Crippen molar-refractivity contribution in [3.8, 4) is 5.69 Å². The van der Waals surface area contributed by atoms with Gasteiger partial charge in [0, 0.05) is 6.54 Å². The highest BCUT2D eigenvalue weighted by Crippen LogP contribution is 2.20. The Hall–Kier alpha value is -2.67. The fraction of sp³-hybridized carbons (Fsp3) is 0.312. The van der Waals surface area contributed by atoms with E-state index in [0.717, 1.165) is 11.4 Å². The van der Waals surface area contributed by atoms with Gasteiger partial charge in [0.15, 0.2) is 0 Å². The summed E-state index contributed by atoms with van der Waals surface area (Å²) in [5, 5.41) is 15.2. The molecular weight excluding hydrogens is 292 g/mol. The second kappa shape index (κ2) is 6.62. The number of benzene rings is 1. The summed E-state index contributed by atoms with van der Waals surface area (Å²) in [6.07, 6.45) is 1.68. The number of aryl methyl sites for hydroxylation is 1. The van der Waals surface area contributed by atoms with Crippen LogP contribution in [-0.4, -0.2) is 45.7 Å². The molecule has 0 bridgehead atoms. The van der Waals surface area contributed by atoms with E-state index in [1.807, 2.05) is 57.4 Å². The largest absolute Gasteiger partial charge is 0.468 e. The van der Waals surface area contributed by atoms with Crippen LogP contribution in [0.3, 0.4) is 0 Å². The first-order valence-electron chi connectivity index (χ1n) is 7.44. The molecule has 1 atom stereocenters. The number of tetrazole rings is 1. The molecule has 23 heavy (non-hydrogen) atoms. The van der Waals surface area contributed by atoms with Crippen LogP contribution in [0.2, 0.25) is 0 Å². The quantitative estimate of drug-likeness (QED) is 0.753. The Morgan fingerprint density at radius 1 is 1.22 bits per heavy atom. The third kappa shape index (κ3) is 3.40. The summed E-state index contributed by atoms with van der Waals surface area (Å²) < 4.78 is 7.20. The van der Waals surface area contributed by atoms with Gasteiger partial charge in [-0.1, -0.05) is 22.8 Å². The Morgan fingerprint density at radius 2 is 2.00 bits per heavy atom. The molecule has 1 unspecified atom stereocenters. The van der Waals surface area contributed by atoms with Gasteiger partial charge in [0.2, 0.25) is 5.95 Å². The summed E-state index contributed by atoms with van der Waals surface area (Å²) in [7, 11) is 4.02. The number of furan rings is 1. The molecular formula is C16H20N6O. The number of hydrogen-bond donors (Lipinski definition) is 1. The molecule has 0 spiro atoms. The average molecular weight is 312 g/mol. The van der Waals surface area contributed by atoms with Crippen LogP contribution in [0.4, 0.5) is 5.95 Å². The number of likely N-dealkylation sites (N-methyl/N-ethyl adjacent to an activating group) is 1. The summed E-state index contributed by atoms with van der Waals surface area (Å²) >= 11 is 0. The molecule has 0 radical (unpaired) electrons. The molecule has 2 aromatic heterocycles. The molecule has 2 heterocycles. The van der Waals surface area contributed by atoms with Crippen molar-refractivity contribution in [2.24, 2.45) is 0 Å². The van der Waals surface area contributed by atoms with Crippen LogP contribution in [0.1, 0.15) is 17.4 Å². The van der Waals surface area contributed by atoms with Crippen LogP contribution < -0.4 is 5.32 Å². The third-order valence-electron chi connectivity index (χ3n) is 3.70. The fourth-order valence-corrected chi connectivity index (χ4v) is 2.36. The van der Waals surface area contributed by atoms with Gasteiger partial charge in [-0.2, -0.15) is 4.68 Å². The van der Waals surface area contributed by atoms with E-state index >= 15 is 0 Å².